The predicted octanol–water partition coefficient (Wildman–Crippen LogP) is 14.1. The van der Waals surface area contributed by atoms with Crippen LogP contribution in [-0.4, -0.2) is 0 Å². The Bertz CT molecular complexity index is 3560. The SMILES string of the molecule is C=C/C(=c1/ccc2ccccc2c1=C)N(c1ccc(-c2cc3ccccc3c3ccccc23)cc1)c1ccccc1-c1cccc2oc3cc4ccccc4cc3c12. The zero-order valence-electron chi connectivity index (χ0n) is 31.8. The molecule has 58 heavy (non-hydrogen) atoms. The lowest BCUT2D eigenvalue weighted by molar-refractivity contribution is 0.669. The number of para-hydroxylation sites is 1. The van der Waals surface area contributed by atoms with Crippen LogP contribution in [0, 0.1) is 0 Å². The summed E-state index contributed by atoms with van der Waals surface area (Å²) in [5, 5.41) is 13.8. The van der Waals surface area contributed by atoms with Crippen LogP contribution >= 0.6 is 0 Å². The van der Waals surface area contributed by atoms with E-state index < -0.39 is 0 Å². The summed E-state index contributed by atoms with van der Waals surface area (Å²) in [5.41, 5.74) is 9.27. The van der Waals surface area contributed by atoms with E-state index in [1.165, 1.54) is 32.5 Å². The highest BCUT2D eigenvalue weighted by Gasteiger charge is 2.22. The monoisotopic (exact) mass is 739 g/mol. The molecule has 0 fully saturated rings. The van der Waals surface area contributed by atoms with Gasteiger partial charge in [0.25, 0.3) is 0 Å². The van der Waals surface area contributed by atoms with Gasteiger partial charge < -0.3 is 9.32 Å². The number of nitrogens with zero attached hydrogens (tertiary/aromatic N) is 1. The Morgan fingerprint density at radius 2 is 1.09 bits per heavy atom. The fourth-order valence-electron chi connectivity index (χ4n) is 9.02. The quantitative estimate of drug-likeness (QED) is 0.158. The average molecular weight is 740 g/mol. The molecule has 0 aliphatic carbocycles. The van der Waals surface area contributed by atoms with Crippen molar-refractivity contribution in [1.29, 1.82) is 0 Å². The second kappa shape index (κ2) is 13.5. The Morgan fingerprint density at radius 1 is 0.448 bits per heavy atom. The summed E-state index contributed by atoms with van der Waals surface area (Å²) in [4.78, 5) is 2.35. The van der Waals surface area contributed by atoms with Crippen LogP contribution in [0.3, 0.4) is 0 Å². The molecule has 0 saturated heterocycles. The summed E-state index contributed by atoms with van der Waals surface area (Å²) >= 11 is 0. The largest absolute Gasteiger partial charge is 0.456 e. The fourth-order valence-corrected chi connectivity index (χ4v) is 9.02. The Balaban J connectivity index is 1.16. The molecule has 2 heteroatoms. The predicted molar refractivity (Wildman–Crippen MR) is 248 cm³/mol. The minimum absolute atomic E-state index is 0.860. The van der Waals surface area contributed by atoms with Crippen molar-refractivity contribution in [2.45, 2.75) is 0 Å². The minimum Gasteiger partial charge on any atom is -0.456 e. The Kier molecular flexibility index (Phi) is 7.84. The van der Waals surface area contributed by atoms with Gasteiger partial charge in [-0.05, 0) is 114 Å². The van der Waals surface area contributed by atoms with E-state index in [4.69, 9.17) is 4.42 Å². The first-order chi connectivity index (χ1) is 28.6. The number of benzene rings is 10. The van der Waals surface area contributed by atoms with Crippen molar-refractivity contribution in [3.63, 3.8) is 0 Å². The summed E-state index contributed by atoms with van der Waals surface area (Å²) in [5.74, 6) is 0. The maximum absolute atomic E-state index is 6.57. The van der Waals surface area contributed by atoms with Crippen molar-refractivity contribution < 1.29 is 4.42 Å². The third kappa shape index (κ3) is 5.34. The van der Waals surface area contributed by atoms with E-state index in [1.54, 1.807) is 0 Å². The van der Waals surface area contributed by atoms with E-state index in [0.29, 0.717) is 0 Å². The lowest BCUT2D eigenvalue weighted by atomic mass is 9.93. The molecule has 0 atom stereocenters. The molecule has 0 amide bonds. The summed E-state index contributed by atoms with van der Waals surface area (Å²) in [6.07, 6.45) is 1.97. The Labute approximate surface area is 336 Å². The summed E-state index contributed by atoms with van der Waals surface area (Å²) in [7, 11) is 0. The maximum Gasteiger partial charge on any atom is 0.136 e. The standard InChI is InChI=1S/C56H37NO/c1-3-52(44-32-29-37-15-6-8-19-43(37)36(44)2)57(42-30-27-38(28-31-42)50-34-41-18-7-9-20-45(41)46-21-10-11-22-47(46)50)53-25-13-12-23-48(53)49-24-14-26-54-56(49)51-33-39-16-4-5-17-40(39)35-55(51)58-54/h3-35H,1-2H2/b52-44+. The van der Waals surface area contributed by atoms with Crippen molar-refractivity contribution in [2.75, 3.05) is 4.90 Å². The molecule has 2 nitrogen and oxygen atoms in total. The molecular weight excluding hydrogens is 703 g/mol. The van der Waals surface area contributed by atoms with Gasteiger partial charge in [0.2, 0.25) is 0 Å². The smallest absolute Gasteiger partial charge is 0.136 e. The summed E-state index contributed by atoms with van der Waals surface area (Å²) in [6, 6.07) is 69.4. The van der Waals surface area contributed by atoms with Gasteiger partial charge in [-0.25, -0.2) is 0 Å². The molecule has 11 rings (SSSR count). The number of fused-ring (bicyclic) bond motifs is 8. The van der Waals surface area contributed by atoms with Gasteiger partial charge in [0.15, 0.2) is 0 Å². The zero-order valence-corrected chi connectivity index (χ0v) is 31.8. The van der Waals surface area contributed by atoms with Crippen LogP contribution in [-0.2, 0) is 0 Å². The van der Waals surface area contributed by atoms with Crippen molar-refractivity contribution in [3.8, 4) is 22.3 Å². The number of hydrogen-bond acceptors (Lipinski definition) is 2. The van der Waals surface area contributed by atoms with Crippen molar-refractivity contribution in [2.24, 2.45) is 0 Å². The van der Waals surface area contributed by atoms with E-state index in [0.717, 1.165) is 82.3 Å². The normalized spacial score (nSPS) is 12.2. The zero-order chi connectivity index (χ0) is 38.7. The Morgan fingerprint density at radius 3 is 1.88 bits per heavy atom. The molecule has 272 valence electrons. The third-order valence-corrected chi connectivity index (χ3v) is 11.8. The van der Waals surface area contributed by atoms with E-state index in [-0.39, 0.29) is 0 Å². The van der Waals surface area contributed by atoms with Gasteiger partial charge in [-0.3, -0.25) is 0 Å². The molecule has 0 aliphatic heterocycles. The summed E-state index contributed by atoms with van der Waals surface area (Å²) in [6.45, 7) is 9.11. The first kappa shape index (κ1) is 33.6. The molecule has 10 aromatic carbocycles. The van der Waals surface area contributed by atoms with E-state index in [2.05, 4.69) is 212 Å². The highest BCUT2D eigenvalue weighted by molar-refractivity contribution is 6.17. The molecule has 0 spiro atoms. The van der Waals surface area contributed by atoms with Crippen LogP contribution in [0.5, 0.6) is 0 Å². The second-order valence-electron chi connectivity index (χ2n) is 15.0. The average Bonchev–Trinajstić information content (AvgIpc) is 3.65. The highest BCUT2D eigenvalue weighted by atomic mass is 16.3. The fraction of sp³-hybridized carbons (Fsp3) is 0. The van der Waals surface area contributed by atoms with E-state index >= 15 is 0 Å². The Hall–Kier alpha value is -7.68. The van der Waals surface area contributed by atoms with Crippen molar-refractivity contribution >= 4 is 88.7 Å². The molecule has 11 aromatic rings. The van der Waals surface area contributed by atoms with Crippen LogP contribution in [0.2, 0.25) is 0 Å². The van der Waals surface area contributed by atoms with Crippen molar-refractivity contribution in [1.82, 2.24) is 0 Å². The molecule has 0 N–H and O–H groups in total. The van der Waals surface area contributed by atoms with Gasteiger partial charge in [0.05, 0.1) is 11.4 Å². The lowest BCUT2D eigenvalue weighted by Gasteiger charge is -2.29. The maximum atomic E-state index is 6.57. The van der Waals surface area contributed by atoms with Crippen LogP contribution < -0.4 is 15.3 Å². The first-order valence-electron chi connectivity index (χ1n) is 19.7. The number of anilines is 2. The van der Waals surface area contributed by atoms with E-state index in [1.807, 2.05) is 6.08 Å². The number of hydrogen-bond donors (Lipinski definition) is 0. The molecule has 1 aromatic heterocycles. The highest BCUT2D eigenvalue weighted by Crippen LogP contribution is 2.45. The molecular formula is C56H37NO. The lowest BCUT2D eigenvalue weighted by Crippen LogP contribution is -2.32. The number of furan rings is 1. The molecule has 0 bridgehead atoms. The van der Waals surface area contributed by atoms with Gasteiger partial charge in [-0.15, -0.1) is 0 Å². The molecule has 0 unspecified atom stereocenters. The van der Waals surface area contributed by atoms with Gasteiger partial charge >= 0.3 is 0 Å². The minimum atomic E-state index is 0.860. The molecule has 0 aliphatic rings. The van der Waals surface area contributed by atoms with Gasteiger partial charge in [-0.2, -0.15) is 0 Å². The molecule has 0 radical (unpaired) electrons. The van der Waals surface area contributed by atoms with Crippen LogP contribution in [0.4, 0.5) is 11.4 Å². The summed E-state index contributed by atoms with van der Waals surface area (Å²) < 4.78 is 6.57. The number of rotatable bonds is 6. The second-order valence-corrected chi connectivity index (χ2v) is 15.0. The third-order valence-electron chi connectivity index (χ3n) is 11.8. The van der Waals surface area contributed by atoms with Gasteiger partial charge in [0.1, 0.15) is 11.2 Å². The topological polar surface area (TPSA) is 16.4 Å². The van der Waals surface area contributed by atoms with Crippen LogP contribution in [0.25, 0.3) is 99.6 Å². The van der Waals surface area contributed by atoms with Gasteiger partial charge in [0, 0.05) is 27.2 Å². The molecule has 0 saturated carbocycles. The first-order valence-corrected chi connectivity index (χ1v) is 19.7. The van der Waals surface area contributed by atoms with Crippen molar-refractivity contribution in [3.05, 3.63) is 217 Å². The van der Waals surface area contributed by atoms with E-state index in [9.17, 15) is 0 Å². The molecule has 1 heterocycles. The van der Waals surface area contributed by atoms with Gasteiger partial charge in [-0.1, -0.05) is 165 Å². The van der Waals surface area contributed by atoms with Crippen LogP contribution in [0.15, 0.2) is 211 Å². The van der Waals surface area contributed by atoms with Crippen LogP contribution in [0.1, 0.15) is 0 Å².